The Balaban J connectivity index is 3.54. The largest absolute Gasteiger partial charge is 0.463 e. The Hall–Kier alpha value is -1.12. The van der Waals surface area contributed by atoms with Crippen molar-refractivity contribution in [1.29, 1.82) is 0 Å². The fourth-order valence-corrected chi connectivity index (χ4v) is 1.34. The second-order valence-corrected chi connectivity index (χ2v) is 3.72. The Morgan fingerprint density at radius 2 is 1.69 bits per heavy atom. The molecular formula is C13H22O3. The maximum absolute atomic E-state index is 11.3. The van der Waals surface area contributed by atoms with Gasteiger partial charge in [0, 0.05) is 12.5 Å². The first-order chi connectivity index (χ1) is 7.70. The predicted octanol–water partition coefficient (Wildman–Crippen LogP) is 3.04. The van der Waals surface area contributed by atoms with E-state index >= 15 is 0 Å². The number of unbranched alkanes of at least 4 members (excludes halogenated alkanes) is 4. The summed E-state index contributed by atoms with van der Waals surface area (Å²) in [5.74, 6) is -0.439. The van der Waals surface area contributed by atoms with Gasteiger partial charge in [-0.15, -0.1) is 0 Å². The summed E-state index contributed by atoms with van der Waals surface area (Å²) < 4.78 is 4.67. The van der Waals surface area contributed by atoms with E-state index in [0.717, 1.165) is 12.8 Å². The number of carbonyl (C=O) groups excluding carboxylic acids is 2. The highest BCUT2D eigenvalue weighted by Crippen LogP contribution is 2.05. The highest BCUT2D eigenvalue weighted by molar-refractivity contribution is 5.95. The van der Waals surface area contributed by atoms with Crippen LogP contribution in [0.2, 0.25) is 0 Å². The average Bonchev–Trinajstić information content (AvgIpc) is 2.26. The van der Waals surface area contributed by atoms with E-state index in [1.165, 1.54) is 31.4 Å². The smallest absolute Gasteiger partial charge is 0.330 e. The van der Waals surface area contributed by atoms with Crippen LogP contribution in [0.1, 0.15) is 52.4 Å². The van der Waals surface area contributed by atoms with Crippen LogP contribution in [0.25, 0.3) is 0 Å². The van der Waals surface area contributed by atoms with Crippen molar-refractivity contribution < 1.29 is 14.3 Å². The van der Waals surface area contributed by atoms with Gasteiger partial charge < -0.3 is 4.74 Å². The minimum atomic E-state index is -0.443. The van der Waals surface area contributed by atoms with Crippen LogP contribution in [0.3, 0.4) is 0 Å². The van der Waals surface area contributed by atoms with Gasteiger partial charge in [0.05, 0.1) is 6.61 Å². The maximum atomic E-state index is 11.3. The van der Waals surface area contributed by atoms with Crippen LogP contribution in [0, 0.1) is 0 Å². The number of hydrogen-bond acceptors (Lipinski definition) is 3. The van der Waals surface area contributed by atoms with Gasteiger partial charge in [0.25, 0.3) is 0 Å². The fraction of sp³-hybridized carbons (Fsp3) is 0.692. The van der Waals surface area contributed by atoms with Crippen LogP contribution in [-0.4, -0.2) is 18.4 Å². The fourth-order valence-electron chi connectivity index (χ4n) is 1.34. The molecule has 0 rings (SSSR count). The van der Waals surface area contributed by atoms with Crippen molar-refractivity contribution >= 4 is 11.8 Å². The van der Waals surface area contributed by atoms with E-state index < -0.39 is 5.97 Å². The summed E-state index contributed by atoms with van der Waals surface area (Å²) in [7, 11) is 0. The molecule has 0 bridgehead atoms. The van der Waals surface area contributed by atoms with Crippen molar-refractivity contribution in [3.8, 4) is 0 Å². The molecule has 0 fully saturated rings. The van der Waals surface area contributed by atoms with Gasteiger partial charge in [-0.05, 0) is 19.4 Å². The molecule has 0 aliphatic heterocycles. The van der Waals surface area contributed by atoms with E-state index in [4.69, 9.17) is 0 Å². The maximum Gasteiger partial charge on any atom is 0.330 e. The lowest BCUT2D eigenvalue weighted by Crippen LogP contribution is -2.01. The Kier molecular flexibility index (Phi) is 9.67. The lowest BCUT2D eigenvalue weighted by atomic mass is 10.1. The molecule has 0 atom stereocenters. The Bertz CT molecular complexity index is 231. The SMILES string of the molecule is CCCCCCCC(=O)/C=C/C(=O)OCC. The molecule has 0 unspecified atom stereocenters. The van der Waals surface area contributed by atoms with E-state index in [2.05, 4.69) is 11.7 Å². The molecule has 0 heterocycles. The molecule has 3 nitrogen and oxygen atoms in total. The molecule has 0 saturated heterocycles. The molecule has 0 N–H and O–H groups in total. The van der Waals surface area contributed by atoms with Crippen LogP contribution < -0.4 is 0 Å². The first kappa shape index (κ1) is 14.9. The molecule has 0 amide bonds. The van der Waals surface area contributed by atoms with Gasteiger partial charge >= 0.3 is 5.97 Å². The zero-order valence-electron chi connectivity index (χ0n) is 10.3. The van der Waals surface area contributed by atoms with E-state index in [9.17, 15) is 9.59 Å². The third-order valence-electron chi connectivity index (χ3n) is 2.22. The Morgan fingerprint density at radius 3 is 2.31 bits per heavy atom. The first-order valence-electron chi connectivity index (χ1n) is 6.08. The van der Waals surface area contributed by atoms with Crippen molar-refractivity contribution in [2.75, 3.05) is 6.61 Å². The number of allylic oxidation sites excluding steroid dienone is 1. The molecule has 0 aromatic carbocycles. The van der Waals surface area contributed by atoms with E-state index in [1.54, 1.807) is 6.92 Å². The summed E-state index contributed by atoms with van der Waals surface area (Å²) >= 11 is 0. The van der Waals surface area contributed by atoms with Crippen LogP contribution in [0.4, 0.5) is 0 Å². The molecule has 0 aromatic heterocycles. The van der Waals surface area contributed by atoms with Crippen LogP contribution in [0.5, 0.6) is 0 Å². The number of hydrogen-bond donors (Lipinski definition) is 0. The van der Waals surface area contributed by atoms with Gasteiger partial charge in [-0.3, -0.25) is 4.79 Å². The summed E-state index contributed by atoms with van der Waals surface area (Å²) in [6.07, 6.45) is 8.67. The molecule has 0 aliphatic rings. The quantitative estimate of drug-likeness (QED) is 0.345. The third kappa shape index (κ3) is 9.44. The zero-order chi connectivity index (χ0) is 12.2. The molecular weight excluding hydrogens is 204 g/mol. The third-order valence-corrected chi connectivity index (χ3v) is 2.22. The van der Waals surface area contributed by atoms with Gasteiger partial charge in [0.2, 0.25) is 0 Å². The summed E-state index contributed by atoms with van der Waals surface area (Å²) in [5, 5.41) is 0. The van der Waals surface area contributed by atoms with Crippen molar-refractivity contribution in [1.82, 2.24) is 0 Å². The van der Waals surface area contributed by atoms with E-state index in [0.29, 0.717) is 13.0 Å². The second kappa shape index (κ2) is 10.4. The summed E-state index contributed by atoms with van der Waals surface area (Å²) in [5.41, 5.74) is 0. The second-order valence-electron chi connectivity index (χ2n) is 3.72. The van der Waals surface area contributed by atoms with Crippen LogP contribution >= 0.6 is 0 Å². The molecule has 0 radical (unpaired) electrons. The van der Waals surface area contributed by atoms with Crippen LogP contribution in [-0.2, 0) is 14.3 Å². The van der Waals surface area contributed by atoms with Crippen molar-refractivity contribution in [3.63, 3.8) is 0 Å². The first-order valence-corrected chi connectivity index (χ1v) is 6.08. The summed E-state index contributed by atoms with van der Waals surface area (Å²) in [6.45, 7) is 4.24. The Morgan fingerprint density at radius 1 is 1.00 bits per heavy atom. The minimum absolute atomic E-state index is 0.00421. The molecule has 16 heavy (non-hydrogen) atoms. The topological polar surface area (TPSA) is 43.4 Å². The van der Waals surface area contributed by atoms with Gasteiger partial charge in [-0.2, -0.15) is 0 Å². The molecule has 0 spiro atoms. The number of ketones is 1. The summed E-state index contributed by atoms with van der Waals surface area (Å²) in [4.78, 5) is 22.2. The minimum Gasteiger partial charge on any atom is -0.463 e. The summed E-state index contributed by atoms with van der Waals surface area (Å²) in [6, 6.07) is 0. The zero-order valence-corrected chi connectivity index (χ0v) is 10.3. The van der Waals surface area contributed by atoms with Gasteiger partial charge in [0.1, 0.15) is 0 Å². The predicted molar refractivity (Wildman–Crippen MR) is 64.2 cm³/mol. The van der Waals surface area contributed by atoms with Crippen molar-refractivity contribution in [2.24, 2.45) is 0 Å². The lowest BCUT2D eigenvalue weighted by molar-refractivity contribution is -0.137. The average molecular weight is 226 g/mol. The molecule has 3 heteroatoms. The molecule has 0 saturated carbocycles. The Labute approximate surface area is 97.9 Å². The number of ether oxygens (including phenoxy) is 1. The molecule has 0 aliphatic carbocycles. The lowest BCUT2D eigenvalue weighted by Gasteiger charge is -1.97. The van der Waals surface area contributed by atoms with Crippen LogP contribution in [0.15, 0.2) is 12.2 Å². The van der Waals surface area contributed by atoms with Crippen molar-refractivity contribution in [2.45, 2.75) is 52.4 Å². The number of rotatable bonds is 9. The van der Waals surface area contributed by atoms with Gasteiger partial charge in [-0.25, -0.2) is 4.79 Å². The van der Waals surface area contributed by atoms with Crippen molar-refractivity contribution in [3.05, 3.63) is 12.2 Å². The van der Waals surface area contributed by atoms with Gasteiger partial charge in [-0.1, -0.05) is 32.6 Å². The normalized spacial score (nSPS) is 10.6. The highest BCUT2D eigenvalue weighted by Gasteiger charge is 1.99. The van der Waals surface area contributed by atoms with Gasteiger partial charge in [0.15, 0.2) is 5.78 Å². The monoisotopic (exact) mass is 226 g/mol. The highest BCUT2D eigenvalue weighted by atomic mass is 16.5. The number of carbonyl (C=O) groups is 2. The molecule has 92 valence electrons. The number of esters is 1. The van der Waals surface area contributed by atoms with E-state index in [1.807, 2.05) is 0 Å². The standard InChI is InChI=1S/C13H22O3/c1-3-5-6-7-8-9-12(14)10-11-13(15)16-4-2/h10-11H,3-9H2,1-2H3/b11-10+. The van der Waals surface area contributed by atoms with E-state index in [-0.39, 0.29) is 5.78 Å². The molecule has 0 aromatic rings.